The van der Waals surface area contributed by atoms with Crippen LogP contribution in [0.2, 0.25) is 0 Å². The number of hydrogen-bond acceptors (Lipinski definition) is 3. The second-order valence-electron chi connectivity index (χ2n) is 5.04. The highest BCUT2D eigenvalue weighted by molar-refractivity contribution is 5.96. The summed E-state index contributed by atoms with van der Waals surface area (Å²) in [5.74, 6) is -3.93. The molecule has 126 valence electrons. The van der Waals surface area contributed by atoms with Gasteiger partial charge in [0.1, 0.15) is 23.5 Å². The lowest BCUT2D eigenvalue weighted by Gasteiger charge is -2.17. The van der Waals surface area contributed by atoms with Crippen LogP contribution >= 0.6 is 0 Å². The monoisotopic (exact) mass is 337 g/mol. The minimum Gasteiger partial charge on any atom is -0.467 e. The fourth-order valence-corrected chi connectivity index (χ4v) is 2.16. The van der Waals surface area contributed by atoms with Gasteiger partial charge >= 0.3 is 5.97 Å². The number of benzene rings is 2. The van der Waals surface area contributed by atoms with Crippen molar-refractivity contribution in [2.24, 2.45) is 0 Å². The molecule has 0 aliphatic rings. The Labute approximate surface area is 136 Å². The molecule has 0 unspecified atom stereocenters. The molecule has 24 heavy (non-hydrogen) atoms. The van der Waals surface area contributed by atoms with Crippen LogP contribution in [0.4, 0.5) is 13.2 Å². The molecule has 0 spiro atoms. The second kappa shape index (κ2) is 7.63. The molecule has 0 fully saturated rings. The summed E-state index contributed by atoms with van der Waals surface area (Å²) in [7, 11) is 1.13. The van der Waals surface area contributed by atoms with Gasteiger partial charge in [0.05, 0.1) is 7.11 Å². The normalized spacial score (nSPS) is 11.7. The number of nitrogens with one attached hydrogen (secondary N) is 1. The highest BCUT2D eigenvalue weighted by atomic mass is 19.1. The van der Waals surface area contributed by atoms with Crippen molar-refractivity contribution in [2.45, 2.75) is 12.5 Å². The van der Waals surface area contributed by atoms with Crippen molar-refractivity contribution < 1.29 is 27.5 Å². The lowest BCUT2D eigenvalue weighted by Crippen LogP contribution is -2.43. The summed E-state index contributed by atoms with van der Waals surface area (Å²) in [5, 5.41) is 2.34. The molecule has 0 bridgehead atoms. The minimum atomic E-state index is -1.13. The standard InChI is InChI=1S/C17H14F3NO3/c1-24-17(23)15(6-10-3-2-4-12(18)5-10)21-16(22)11-7-13(19)9-14(20)8-11/h2-5,7-9,15H,6H2,1H3,(H,21,22)/t15-/m0/s1. The molecule has 2 aromatic carbocycles. The van der Waals surface area contributed by atoms with Crippen molar-refractivity contribution in [1.82, 2.24) is 5.32 Å². The molecule has 0 aromatic heterocycles. The lowest BCUT2D eigenvalue weighted by atomic mass is 10.1. The summed E-state index contributed by atoms with van der Waals surface area (Å²) < 4.78 is 44.2. The number of methoxy groups -OCH3 is 1. The molecule has 1 N–H and O–H groups in total. The van der Waals surface area contributed by atoms with Crippen molar-refractivity contribution in [2.75, 3.05) is 7.11 Å². The zero-order valence-electron chi connectivity index (χ0n) is 12.7. The molecule has 7 heteroatoms. The van der Waals surface area contributed by atoms with Crippen LogP contribution in [0.1, 0.15) is 15.9 Å². The molecular weight excluding hydrogens is 323 g/mol. The molecule has 2 aromatic rings. The highest BCUT2D eigenvalue weighted by Crippen LogP contribution is 2.11. The molecule has 0 aliphatic heterocycles. The summed E-state index contributed by atoms with van der Waals surface area (Å²) in [6.07, 6.45) is -0.0338. The predicted molar refractivity (Wildman–Crippen MR) is 79.7 cm³/mol. The summed E-state index contributed by atoms with van der Waals surface area (Å²) in [5.41, 5.74) is 0.178. The number of carbonyl (C=O) groups excluding carboxylic acids is 2. The fourth-order valence-electron chi connectivity index (χ4n) is 2.16. The quantitative estimate of drug-likeness (QED) is 0.854. The van der Waals surface area contributed by atoms with Crippen LogP contribution in [0.25, 0.3) is 0 Å². The van der Waals surface area contributed by atoms with Crippen LogP contribution in [0.15, 0.2) is 42.5 Å². The van der Waals surface area contributed by atoms with Crippen molar-refractivity contribution >= 4 is 11.9 Å². The average molecular weight is 337 g/mol. The van der Waals surface area contributed by atoms with Gasteiger partial charge in [-0.05, 0) is 29.8 Å². The van der Waals surface area contributed by atoms with E-state index in [9.17, 15) is 22.8 Å². The summed E-state index contributed by atoms with van der Waals surface area (Å²) in [6.45, 7) is 0. The molecule has 0 aliphatic carbocycles. The zero-order chi connectivity index (χ0) is 17.7. The summed E-state index contributed by atoms with van der Waals surface area (Å²) >= 11 is 0. The van der Waals surface area contributed by atoms with E-state index in [1.807, 2.05) is 0 Å². The summed E-state index contributed by atoms with van der Waals surface area (Å²) in [4.78, 5) is 23.9. The van der Waals surface area contributed by atoms with Crippen LogP contribution in [-0.2, 0) is 16.0 Å². The van der Waals surface area contributed by atoms with E-state index in [4.69, 9.17) is 0 Å². The molecule has 0 radical (unpaired) electrons. The fraction of sp³-hybridized carbons (Fsp3) is 0.176. The Balaban J connectivity index is 2.19. The average Bonchev–Trinajstić information content (AvgIpc) is 2.52. The van der Waals surface area contributed by atoms with Gasteiger partial charge in [0.25, 0.3) is 5.91 Å². The number of amides is 1. The number of esters is 1. The SMILES string of the molecule is COC(=O)[C@H](Cc1cccc(F)c1)NC(=O)c1cc(F)cc(F)c1. The lowest BCUT2D eigenvalue weighted by molar-refractivity contribution is -0.142. The van der Waals surface area contributed by atoms with Crippen molar-refractivity contribution in [3.8, 4) is 0 Å². The van der Waals surface area contributed by atoms with Gasteiger partial charge in [-0.3, -0.25) is 4.79 Å². The van der Waals surface area contributed by atoms with Gasteiger partial charge in [-0.2, -0.15) is 0 Å². The van der Waals surface area contributed by atoms with Gasteiger partial charge < -0.3 is 10.1 Å². The Morgan fingerprint density at radius 2 is 1.71 bits per heavy atom. The Morgan fingerprint density at radius 1 is 1.04 bits per heavy atom. The Bertz CT molecular complexity index is 744. The topological polar surface area (TPSA) is 55.4 Å². The first kappa shape index (κ1) is 17.5. The Kier molecular flexibility index (Phi) is 5.57. The highest BCUT2D eigenvalue weighted by Gasteiger charge is 2.23. The second-order valence-corrected chi connectivity index (χ2v) is 5.04. The van der Waals surface area contributed by atoms with Gasteiger partial charge in [0.2, 0.25) is 0 Å². The van der Waals surface area contributed by atoms with E-state index >= 15 is 0 Å². The van der Waals surface area contributed by atoms with E-state index in [0.29, 0.717) is 11.6 Å². The van der Waals surface area contributed by atoms with Crippen molar-refractivity contribution in [3.63, 3.8) is 0 Å². The number of carbonyl (C=O) groups is 2. The van der Waals surface area contributed by atoms with E-state index in [0.717, 1.165) is 19.2 Å². The van der Waals surface area contributed by atoms with Crippen molar-refractivity contribution in [1.29, 1.82) is 0 Å². The van der Waals surface area contributed by atoms with Crippen LogP contribution in [-0.4, -0.2) is 25.0 Å². The third kappa shape index (κ3) is 4.58. The molecule has 1 amide bonds. The third-order valence-corrected chi connectivity index (χ3v) is 3.24. The van der Waals surface area contributed by atoms with Crippen LogP contribution in [0.5, 0.6) is 0 Å². The Hall–Kier alpha value is -2.83. The van der Waals surface area contributed by atoms with Gasteiger partial charge in [0.15, 0.2) is 0 Å². The number of hydrogen-bond donors (Lipinski definition) is 1. The largest absolute Gasteiger partial charge is 0.467 e. The third-order valence-electron chi connectivity index (χ3n) is 3.24. The molecule has 0 heterocycles. The van der Waals surface area contributed by atoms with Crippen LogP contribution in [0, 0.1) is 17.5 Å². The van der Waals surface area contributed by atoms with Crippen LogP contribution in [0.3, 0.4) is 0 Å². The number of rotatable bonds is 5. The molecule has 2 rings (SSSR count). The first-order valence-corrected chi connectivity index (χ1v) is 6.98. The predicted octanol–water partition coefficient (Wildman–Crippen LogP) is 2.62. The van der Waals surface area contributed by atoms with E-state index in [1.54, 1.807) is 6.07 Å². The maximum Gasteiger partial charge on any atom is 0.328 e. The number of halogens is 3. The molecule has 1 atom stereocenters. The van der Waals surface area contributed by atoms with Crippen LogP contribution < -0.4 is 5.32 Å². The molecule has 0 saturated heterocycles. The first-order chi connectivity index (χ1) is 11.4. The Morgan fingerprint density at radius 3 is 2.29 bits per heavy atom. The van der Waals surface area contributed by atoms with E-state index < -0.39 is 35.4 Å². The van der Waals surface area contributed by atoms with E-state index in [-0.39, 0.29) is 12.0 Å². The maximum atomic E-state index is 13.2. The van der Waals surface area contributed by atoms with E-state index in [2.05, 4.69) is 10.1 Å². The molecular formula is C17H14F3NO3. The smallest absolute Gasteiger partial charge is 0.328 e. The first-order valence-electron chi connectivity index (χ1n) is 6.98. The van der Waals surface area contributed by atoms with Gasteiger partial charge in [-0.15, -0.1) is 0 Å². The van der Waals surface area contributed by atoms with E-state index in [1.165, 1.54) is 18.2 Å². The number of ether oxygens (including phenoxy) is 1. The van der Waals surface area contributed by atoms with Gasteiger partial charge in [-0.1, -0.05) is 12.1 Å². The minimum absolute atomic E-state index is 0.0338. The van der Waals surface area contributed by atoms with Gasteiger partial charge in [0, 0.05) is 18.1 Å². The zero-order valence-corrected chi connectivity index (χ0v) is 12.7. The maximum absolute atomic E-state index is 13.2. The van der Waals surface area contributed by atoms with Crippen molar-refractivity contribution in [3.05, 3.63) is 71.0 Å². The molecule has 4 nitrogen and oxygen atoms in total. The molecule has 0 saturated carbocycles. The van der Waals surface area contributed by atoms with Gasteiger partial charge in [-0.25, -0.2) is 18.0 Å². The summed E-state index contributed by atoms with van der Waals surface area (Å²) in [6, 6.07) is 6.67.